The van der Waals surface area contributed by atoms with E-state index in [1.807, 2.05) is 0 Å². The van der Waals surface area contributed by atoms with E-state index in [9.17, 15) is 18.0 Å². The van der Waals surface area contributed by atoms with Gasteiger partial charge >= 0.3 is 11.9 Å². The first-order valence-electron chi connectivity index (χ1n) is 6.46. The average Bonchev–Trinajstić information content (AvgIpc) is 2.69. The number of aryl methyl sites for hydroxylation is 2. The number of ether oxygens (including phenoxy) is 1. The number of rotatable bonds is 6. The number of carboxylic acid groups (broad SMARTS) is 1. The number of hydrogen-bond donors (Lipinski definition) is 1. The number of hydrogen-bond acceptors (Lipinski definition) is 6. The number of nitrogens with zero attached hydrogens (tertiary/aromatic N) is 1. The van der Waals surface area contributed by atoms with Gasteiger partial charge in [-0.25, -0.2) is 13.2 Å². The average molecular weight is 333 g/mol. The topological polar surface area (TPSA) is 114 Å². The Morgan fingerprint density at radius 2 is 1.82 bits per heavy atom. The van der Waals surface area contributed by atoms with Gasteiger partial charge in [0.2, 0.25) is 10.0 Å². The number of methoxy groups -OCH3 is 1. The molecule has 0 aliphatic heterocycles. The predicted molar refractivity (Wildman–Crippen MR) is 76.2 cm³/mol. The van der Waals surface area contributed by atoms with Crippen molar-refractivity contribution in [3.8, 4) is 0 Å². The van der Waals surface area contributed by atoms with E-state index in [-0.39, 0.29) is 22.0 Å². The fraction of sp³-hybridized carbons (Fsp3) is 0.538. The van der Waals surface area contributed by atoms with Crippen molar-refractivity contribution >= 4 is 22.0 Å². The molecule has 8 nitrogen and oxygen atoms in total. The number of aliphatic carboxylic acids is 1. The molecule has 9 heteroatoms. The summed E-state index contributed by atoms with van der Waals surface area (Å²) in [5.74, 6) is -2.04. The second-order valence-electron chi connectivity index (χ2n) is 4.95. The van der Waals surface area contributed by atoms with Crippen molar-refractivity contribution in [3.63, 3.8) is 0 Å². The highest BCUT2D eigenvalue weighted by Crippen LogP contribution is 2.30. The Morgan fingerprint density at radius 1 is 1.27 bits per heavy atom. The van der Waals surface area contributed by atoms with Gasteiger partial charge in [0, 0.05) is 6.04 Å². The normalized spacial score (nSPS) is 12.0. The number of esters is 1. The molecule has 0 aliphatic carbocycles. The summed E-state index contributed by atoms with van der Waals surface area (Å²) in [5.41, 5.74) is -0.212. The fourth-order valence-electron chi connectivity index (χ4n) is 2.11. The molecule has 0 aliphatic rings. The molecule has 0 saturated carbocycles. The third-order valence-electron chi connectivity index (χ3n) is 3.03. The maximum Gasteiger partial charge on any atom is 0.342 e. The largest absolute Gasteiger partial charge is 0.480 e. The van der Waals surface area contributed by atoms with Gasteiger partial charge in [-0.2, -0.15) is 4.31 Å². The van der Waals surface area contributed by atoms with Gasteiger partial charge in [0.1, 0.15) is 28.5 Å². The molecule has 22 heavy (non-hydrogen) atoms. The van der Waals surface area contributed by atoms with Crippen LogP contribution in [0.15, 0.2) is 9.31 Å². The van der Waals surface area contributed by atoms with E-state index in [1.165, 1.54) is 13.8 Å². The van der Waals surface area contributed by atoms with Gasteiger partial charge < -0.3 is 14.3 Å². The van der Waals surface area contributed by atoms with E-state index >= 15 is 0 Å². The molecule has 1 aromatic rings. The Morgan fingerprint density at radius 3 is 2.23 bits per heavy atom. The molecular weight excluding hydrogens is 314 g/mol. The molecule has 0 fully saturated rings. The Balaban J connectivity index is 3.57. The van der Waals surface area contributed by atoms with E-state index in [0.29, 0.717) is 0 Å². The molecule has 0 saturated heterocycles. The van der Waals surface area contributed by atoms with Crippen LogP contribution in [-0.2, 0) is 19.6 Å². The van der Waals surface area contributed by atoms with Crippen LogP contribution in [0.4, 0.5) is 0 Å². The lowest BCUT2D eigenvalue weighted by Gasteiger charge is -2.24. The summed E-state index contributed by atoms with van der Waals surface area (Å²) in [4.78, 5) is 22.4. The zero-order chi connectivity index (χ0) is 17.2. The molecule has 0 spiro atoms. The van der Waals surface area contributed by atoms with Gasteiger partial charge in [0.15, 0.2) is 0 Å². The fourth-order valence-corrected chi connectivity index (χ4v) is 4.07. The molecular formula is C13H19NO7S. The summed E-state index contributed by atoms with van der Waals surface area (Å²) >= 11 is 0. The van der Waals surface area contributed by atoms with E-state index in [4.69, 9.17) is 9.52 Å². The third kappa shape index (κ3) is 3.30. The van der Waals surface area contributed by atoms with E-state index < -0.39 is 34.5 Å². The lowest BCUT2D eigenvalue weighted by atomic mass is 10.2. The zero-order valence-electron chi connectivity index (χ0n) is 13.0. The van der Waals surface area contributed by atoms with Gasteiger partial charge in [-0.1, -0.05) is 0 Å². The molecule has 1 aromatic heterocycles. The molecule has 0 unspecified atom stereocenters. The molecule has 1 N–H and O–H groups in total. The van der Waals surface area contributed by atoms with Crippen LogP contribution in [0.1, 0.15) is 35.7 Å². The Labute approximate surface area is 128 Å². The van der Waals surface area contributed by atoms with Crippen LogP contribution < -0.4 is 0 Å². The number of carboxylic acids is 1. The molecule has 0 amide bonds. The molecule has 1 rings (SSSR count). The van der Waals surface area contributed by atoms with Crippen LogP contribution in [0.2, 0.25) is 0 Å². The highest BCUT2D eigenvalue weighted by molar-refractivity contribution is 7.89. The lowest BCUT2D eigenvalue weighted by Crippen LogP contribution is -2.41. The van der Waals surface area contributed by atoms with Gasteiger partial charge in [-0.15, -0.1) is 0 Å². The van der Waals surface area contributed by atoms with E-state index in [2.05, 4.69) is 4.74 Å². The maximum absolute atomic E-state index is 12.8. The molecule has 124 valence electrons. The molecule has 1 heterocycles. The Kier molecular flexibility index (Phi) is 5.36. The quantitative estimate of drug-likeness (QED) is 0.777. The van der Waals surface area contributed by atoms with Crippen LogP contribution in [0, 0.1) is 13.8 Å². The Bertz CT molecular complexity index is 687. The first-order chi connectivity index (χ1) is 10.0. The van der Waals surface area contributed by atoms with E-state index in [1.54, 1.807) is 13.8 Å². The minimum atomic E-state index is -4.23. The predicted octanol–water partition coefficient (Wildman–Crippen LogP) is 1.17. The maximum atomic E-state index is 12.8. The second-order valence-corrected chi connectivity index (χ2v) is 6.78. The summed E-state index contributed by atoms with van der Waals surface area (Å²) in [7, 11) is -3.11. The van der Waals surface area contributed by atoms with Crippen molar-refractivity contribution in [1.29, 1.82) is 0 Å². The van der Waals surface area contributed by atoms with Crippen LogP contribution in [-0.4, -0.2) is 49.5 Å². The molecule has 0 aromatic carbocycles. The van der Waals surface area contributed by atoms with Crippen molar-refractivity contribution in [2.24, 2.45) is 0 Å². The van der Waals surface area contributed by atoms with Crippen molar-refractivity contribution < 1.29 is 32.3 Å². The van der Waals surface area contributed by atoms with Crippen LogP contribution in [0.5, 0.6) is 0 Å². The SMILES string of the molecule is COC(=O)c1c(C)oc(C)c1S(=O)(=O)N(CC(=O)O)C(C)C. The molecule has 0 atom stereocenters. The van der Waals surface area contributed by atoms with E-state index in [0.717, 1.165) is 11.4 Å². The minimum absolute atomic E-state index is 0.00828. The first kappa shape index (κ1) is 18.2. The summed E-state index contributed by atoms with van der Waals surface area (Å²) in [6.07, 6.45) is 0. The van der Waals surface area contributed by atoms with Crippen molar-refractivity contribution in [2.45, 2.75) is 38.6 Å². The first-order valence-corrected chi connectivity index (χ1v) is 7.90. The molecule has 0 bridgehead atoms. The summed E-state index contributed by atoms with van der Waals surface area (Å²) in [6, 6.07) is -0.610. The number of sulfonamides is 1. The van der Waals surface area contributed by atoms with Crippen molar-refractivity contribution in [3.05, 3.63) is 17.1 Å². The highest BCUT2D eigenvalue weighted by Gasteiger charge is 2.37. The summed E-state index contributed by atoms with van der Waals surface area (Å²) in [5, 5.41) is 8.92. The summed E-state index contributed by atoms with van der Waals surface area (Å²) in [6.45, 7) is 5.20. The Hall–Kier alpha value is -1.87. The second kappa shape index (κ2) is 6.49. The monoisotopic (exact) mass is 333 g/mol. The van der Waals surface area contributed by atoms with Crippen molar-refractivity contribution in [2.75, 3.05) is 13.7 Å². The zero-order valence-corrected chi connectivity index (χ0v) is 13.9. The third-order valence-corrected chi connectivity index (χ3v) is 5.20. The smallest absolute Gasteiger partial charge is 0.342 e. The van der Waals surface area contributed by atoms with Crippen LogP contribution >= 0.6 is 0 Å². The number of carbonyl (C=O) groups is 2. The summed E-state index contributed by atoms with van der Waals surface area (Å²) < 4.78 is 36.2. The highest BCUT2D eigenvalue weighted by atomic mass is 32.2. The van der Waals surface area contributed by atoms with Gasteiger partial charge in [-0.3, -0.25) is 4.79 Å². The van der Waals surface area contributed by atoms with Gasteiger partial charge in [-0.05, 0) is 27.7 Å². The van der Waals surface area contributed by atoms with Gasteiger partial charge in [0.05, 0.1) is 7.11 Å². The minimum Gasteiger partial charge on any atom is -0.480 e. The molecule has 0 radical (unpaired) electrons. The lowest BCUT2D eigenvalue weighted by molar-refractivity contribution is -0.137. The van der Waals surface area contributed by atoms with Crippen LogP contribution in [0.25, 0.3) is 0 Å². The van der Waals surface area contributed by atoms with Crippen LogP contribution in [0.3, 0.4) is 0 Å². The number of carbonyl (C=O) groups excluding carboxylic acids is 1. The standard InChI is InChI=1S/C13H19NO7S/c1-7(2)14(6-10(15)16)22(18,19)12-9(4)21-8(3)11(12)13(17)20-5/h7H,6H2,1-5H3,(H,15,16). The van der Waals surface area contributed by atoms with Gasteiger partial charge in [0.25, 0.3) is 0 Å². The number of furan rings is 1. The van der Waals surface area contributed by atoms with Crippen molar-refractivity contribution in [1.82, 2.24) is 4.31 Å².